The average Bonchev–Trinajstić information content (AvgIpc) is 2.26. The van der Waals surface area contributed by atoms with Crippen LogP contribution in [0.5, 0.6) is 5.75 Å². The van der Waals surface area contributed by atoms with Crippen LogP contribution >= 0.6 is 15.9 Å². The molecule has 16 heavy (non-hydrogen) atoms. The minimum atomic E-state index is -1.01. The van der Waals surface area contributed by atoms with Gasteiger partial charge in [-0.15, -0.1) is 0 Å². The van der Waals surface area contributed by atoms with Crippen molar-refractivity contribution in [3.05, 3.63) is 22.7 Å². The largest absolute Gasteiger partial charge is 0.496 e. The Morgan fingerprint density at radius 2 is 2.19 bits per heavy atom. The summed E-state index contributed by atoms with van der Waals surface area (Å²) in [6, 6.07) is 5.27. The van der Waals surface area contributed by atoms with Gasteiger partial charge in [0.05, 0.1) is 11.6 Å². The second-order valence-electron chi connectivity index (χ2n) is 3.39. The first-order valence-corrected chi connectivity index (χ1v) is 5.56. The number of aliphatic hydroxyl groups is 1. The highest BCUT2D eigenvalue weighted by atomic mass is 79.9. The number of hydrogen-bond donors (Lipinski definition) is 1. The maximum Gasteiger partial charge on any atom is 0.255 e. The Bertz CT molecular complexity index is 393. The summed E-state index contributed by atoms with van der Waals surface area (Å²) in [6.45, 7) is 1.44. The van der Waals surface area contributed by atoms with Gasteiger partial charge < -0.3 is 14.7 Å². The SMILES string of the molecule is COc1ccc(N(C)C(=O)C(C)O)cc1Br. The highest BCUT2D eigenvalue weighted by Crippen LogP contribution is 2.29. The second kappa shape index (κ2) is 5.32. The number of ether oxygens (including phenoxy) is 1. The topological polar surface area (TPSA) is 49.8 Å². The number of nitrogens with zero attached hydrogens (tertiary/aromatic N) is 1. The second-order valence-corrected chi connectivity index (χ2v) is 4.25. The Kier molecular flexibility index (Phi) is 4.32. The van der Waals surface area contributed by atoms with Gasteiger partial charge in [-0.2, -0.15) is 0 Å². The molecule has 0 radical (unpaired) electrons. The van der Waals surface area contributed by atoms with Crippen molar-refractivity contribution in [1.82, 2.24) is 0 Å². The standard InChI is InChI=1S/C11H14BrNO3/c1-7(14)11(15)13(2)8-4-5-10(16-3)9(12)6-8/h4-7,14H,1-3H3. The summed E-state index contributed by atoms with van der Waals surface area (Å²) in [5.74, 6) is 0.346. The molecule has 1 atom stereocenters. The molecular formula is C11H14BrNO3. The minimum Gasteiger partial charge on any atom is -0.496 e. The van der Waals surface area contributed by atoms with Crippen LogP contribution in [0.1, 0.15) is 6.92 Å². The zero-order valence-electron chi connectivity index (χ0n) is 9.40. The number of aliphatic hydroxyl groups excluding tert-OH is 1. The number of rotatable bonds is 3. The van der Waals surface area contributed by atoms with E-state index in [1.165, 1.54) is 11.8 Å². The Morgan fingerprint density at radius 1 is 1.56 bits per heavy atom. The molecule has 0 saturated heterocycles. The molecule has 0 aliphatic carbocycles. The van der Waals surface area contributed by atoms with Crippen molar-refractivity contribution in [3.63, 3.8) is 0 Å². The van der Waals surface area contributed by atoms with Crippen molar-refractivity contribution in [2.75, 3.05) is 19.1 Å². The third kappa shape index (κ3) is 2.74. The predicted octanol–water partition coefficient (Wildman–Crippen LogP) is 1.80. The number of halogens is 1. The molecule has 88 valence electrons. The summed E-state index contributed by atoms with van der Waals surface area (Å²) in [7, 11) is 3.19. The number of methoxy groups -OCH3 is 1. The summed E-state index contributed by atoms with van der Waals surface area (Å²) >= 11 is 3.34. The molecule has 0 aliphatic heterocycles. The lowest BCUT2D eigenvalue weighted by Gasteiger charge is -2.19. The molecule has 1 N–H and O–H groups in total. The van der Waals surface area contributed by atoms with E-state index in [0.29, 0.717) is 11.4 Å². The number of amides is 1. The molecule has 0 saturated carbocycles. The highest BCUT2D eigenvalue weighted by molar-refractivity contribution is 9.10. The Balaban J connectivity index is 2.97. The first-order valence-electron chi connectivity index (χ1n) is 4.76. The fraction of sp³-hybridized carbons (Fsp3) is 0.364. The van der Waals surface area contributed by atoms with Crippen LogP contribution in [0.15, 0.2) is 22.7 Å². The summed E-state index contributed by atoms with van der Waals surface area (Å²) in [5.41, 5.74) is 0.693. The van der Waals surface area contributed by atoms with Gasteiger partial charge in [0.2, 0.25) is 0 Å². The molecule has 5 heteroatoms. The smallest absolute Gasteiger partial charge is 0.255 e. The molecule has 1 rings (SSSR count). The lowest BCUT2D eigenvalue weighted by Crippen LogP contribution is -2.34. The van der Waals surface area contributed by atoms with Crippen LogP contribution in [0.4, 0.5) is 5.69 Å². The fourth-order valence-corrected chi connectivity index (χ4v) is 1.80. The van der Waals surface area contributed by atoms with E-state index >= 15 is 0 Å². The first-order chi connectivity index (χ1) is 7.47. The van der Waals surface area contributed by atoms with Gasteiger partial charge in [0.1, 0.15) is 11.9 Å². The molecule has 0 fully saturated rings. The van der Waals surface area contributed by atoms with Gasteiger partial charge in [-0.25, -0.2) is 0 Å². The summed E-state index contributed by atoms with van der Waals surface area (Å²) in [6.07, 6.45) is -1.01. The monoisotopic (exact) mass is 287 g/mol. The van der Waals surface area contributed by atoms with Crippen LogP contribution in [-0.4, -0.2) is 31.3 Å². The van der Waals surface area contributed by atoms with Crippen LogP contribution < -0.4 is 9.64 Å². The van der Waals surface area contributed by atoms with Crippen molar-refractivity contribution >= 4 is 27.5 Å². The van der Waals surface area contributed by atoms with E-state index in [1.54, 1.807) is 32.4 Å². The zero-order chi connectivity index (χ0) is 12.3. The number of carbonyl (C=O) groups is 1. The lowest BCUT2D eigenvalue weighted by molar-refractivity contribution is -0.125. The number of carbonyl (C=O) groups excluding carboxylic acids is 1. The van der Waals surface area contributed by atoms with Crippen molar-refractivity contribution in [2.45, 2.75) is 13.0 Å². The van der Waals surface area contributed by atoms with Crippen LogP contribution in [0.25, 0.3) is 0 Å². The third-order valence-corrected chi connectivity index (χ3v) is 2.83. The van der Waals surface area contributed by atoms with Gasteiger partial charge in [0, 0.05) is 12.7 Å². The fourth-order valence-electron chi connectivity index (χ4n) is 1.27. The molecule has 0 aliphatic rings. The lowest BCUT2D eigenvalue weighted by atomic mass is 10.2. The van der Waals surface area contributed by atoms with E-state index in [2.05, 4.69) is 15.9 Å². The normalized spacial score (nSPS) is 12.1. The highest BCUT2D eigenvalue weighted by Gasteiger charge is 2.16. The van der Waals surface area contributed by atoms with E-state index in [4.69, 9.17) is 4.74 Å². The predicted molar refractivity (Wildman–Crippen MR) is 65.8 cm³/mol. The average molecular weight is 288 g/mol. The molecule has 0 aromatic heterocycles. The Hall–Kier alpha value is -1.07. The first kappa shape index (κ1) is 13.0. The number of likely N-dealkylation sites (N-methyl/N-ethyl adjacent to an activating group) is 1. The molecule has 1 aromatic carbocycles. The maximum atomic E-state index is 11.5. The van der Waals surface area contributed by atoms with Crippen LogP contribution in [0.3, 0.4) is 0 Å². The van der Waals surface area contributed by atoms with Gasteiger partial charge in [0.15, 0.2) is 0 Å². The van der Waals surface area contributed by atoms with Crippen LogP contribution in [-0.2, 0) is 4.79 Å². The van der Waals surface area contributed by atoms with E-state index in [1.807, 2.05) is 0 Å². The Morgan fingerprint density at radius 3 is 2.62 bits per heavy atom. The third-order valence-electron chi connectivity index (χ3n) is 2.21. The van der Waals surface area contributed by atoms with Gasteiger partial charge in [-0.05, 0) is 41.1 Å². The van der Waals surface area contributed by atoms with Crippen molar-refractivity contribution in [2.24, 2.45) is 0 Å². The van der Waals surface area contributed by atoms with Gasteiger partial charge in [-0.1, -0.05) is 0 Å². The van der Waals surface area contributed by atoms with Gasteiger partial charge in [-0.3, -0.25) is 4.79 Å². The van der Waals surface area contributed by atoms with E-state index in [9.17, 15) is 9.90 Å². The van der Waals surface area contributed by atoms with Crippen LogP contribution in [0, 0.1) is 0 Å². The molecule has 1 unspecified atom stereocenters. The molecule has 0 spiro atoms. The van der Waals surface area contributed by atoms with E-state index in [-0.39, 0.29) is 5.91 Å². The van der Waals surface area contributed by atoms with E-state index < -0.39 is 6.10 Å². The number of benzene rings is 1. The van der Waals surface area contributed by atoms with Crippen molar-refractivity contribution in [1.29, 1.82) is 0 Å². The number of hydrogen-bond acceptors (Lipinski definition) is 3. The van der Waals surface area contributed by atoms with Crippen molar-refractivity contribution in [3.8, 4) is 5.75 Å². The van der Waals surface area contributed by atoms with Gasteiger partial charge in [0.25, 0.3) is 5.91 Å². The molecular weight excluding hydrogens is 274 g/mol. The quantitative estimate of drug-likeness (QED) is 0.922. The molecule has 0 bridgehead atoms. The number of anilines is 1. The Labute approximate surface area is 103 Å². The molecule has 0 heterocycles. The van der Waals surface area contributed by atoms with Crippen molar-refractivity contribution < 1.29 is 14.6 Å². The summed E-state index contributed by atoms with van der Waals surface area (Å²) < 4.78 is 5.85. The maximum absolute atomic E-state index is 11.5. The molecule has 1 amide bonds. The molecule has 4 nitrogen and oxygen atoms in total. The van der Waals surface area contributed by atoms with E-state index in [0.717, 1.165) is 4.47 Å². The minimum absolute atomic E-state index is 0.350. The van der Waals surface area contributed by atoms with Gasteiger partial charge >= 0.3 is 0 Å². The summed E-state index contributed by atoms with van der Waals surface area (Å²) in [5, 5.41) is 9.20. The zero-order valence-corrected chi connectivity index (χ0v) is 11.0. The summed E-state index contributed by atoms with van der Waals surface area (Å²) in [4.78, 5) is 12.9. The molecule has 1 aromatic rings. The van der Waals surface area contributed by atoms with Crippen LogP contribution in [0.2, 0.25) is 0 Å².